The fourth-order valence-corrected chi connectivity index (χ4v) is 11.6. The second-order valence-corrected chi connectivity index (χ2v) is 20.5. The maximum absolute atomic E-state index is 13.4. The van der Waals surface area contributed by atoms with Crippen molar-refractivity contribution in [3.05, 3.63) is 117 Å². The number of hydrogen-bond acceptors (Lipinski definition) is 11. The third kappa shape index (κ3) is 9.13. The highest BCUT2D eigenvalue weighted by Crippen LogP contribution is 2.51. The number of hydrogen-bond donors (Lipinski definition) is 1. The number of benzene rings is 3. The number of carbonyl (C=O) groups excluding carboxylic acids is 4. The summed E-state index contributed by atoms with van der Waals surface area (Å²) in [7, 11) is 0. The number of halogens is 1. The number of likely N-dealkylation sites (tertiary alicyclic amines) is 1. The Morgan fingerprint density at radius 1 is 0.821 bits per heavy atom. The number of piperazine rings is 1. The number of nitrogens with one attached hydrogen (secondary N) is 1. The predicted molar refractivity (Wildman–Crippen MR) is 256 cm³/mol. The first-order chi connectivity index (χ1) is 32.3. The average molecular weight is 925 g/mol. The van der Waals surface area contributed by atoms with Crippen LogP contribution in [0.1, 0.15) is 103 Å². The van der Waals surface area contributed by atoms with Crippen LogP contribution in [-0.2, 0) is 21.6 Å². The molecule has 1 N–H and O–H groups in total. The van der Waals surface area contributed by atoms with Crippen LogP contribution in [0, 0.1) is 17.9 Å². The first kappa shape index (κ1) is 44.9. The fraction of sp³-hybridized carbons (Fsp3) is 0.481. The minimum absolute atomic E-state index is 0.106. The van der Waals surface area contributed by atoms with Crippen LogP contribution in [0.3, 0.4) is 0 Å². The van der Waals surface area contributed by atoms with E-state index < -0.39 is 23.8 Å². The lowest BCUT2D eigenvalue weighted by Crippen LogP contribution is -2.59. The van der Waals surface area contributed by atoms with Gasteiger partial charge in [0.1, 0.15) is 18.4 Å². The summed E-state index contributed by atoms with van der Waals surface area (Å²) in [4.78, 5) is 74.9. The number of rotatable bonds is 11. The van der Waals surface area contributed by atoms with Crippen LogP contribution in [-0.4, -0.2) is 119 Å². The van der Waals surface area contributed by atoms with Crippen LogP contribution in [0.2, 0.25) is 5.02 Å². The maximum atomic E-state index is 13.4. The number of aromatic nitrogens is 2. The van der Waals surface area contributed by atoms with Gasteiger partial charge in [-0.1, -0.05) is 43.6 Å². The number of anilines is 2. The summed E-state index contributed by atoms with van der Waals surface area (Å²) >= 11 is 6.33. The van der Waals surface area contributed by atoms with Gasteiger partial charge in [-0.05, 0) is 129 Å². The molecule has 1 unspecified atom stereocenters. The first-order valence-corrected chi connectivity index (χ1v) is 24.3. The molecular formula is C52H58ClN9O5. The average Bonchev–Trinajstić information content (AvgIpc) is 3.58. The van der Waals surface area contributed by atoms with Crippen LogP contribution < -0.4 is 19.9 Å². The highest BCUT2D eigenvalue weighted by Gasteiger charge is 2.49. The molecule has 4 saturated heterocycles. The molecule has 0 bridgehead atoms. The Morgan fingerprint density at radius 2 is 1.55 bits per heavy atom. The Hall–Kier alpha value is -5.88. The molecule has 0 radical (unpaired) electrons. The molecule has 67 heavy (non-hydrogen) atoms. The molecule has 15 heteroatoms. The lowest BCUT2D eigenvalue weighted by molar-refractivity contribution is -0.136. The van der Waals surface area contributed by atoms with Gasteiger partial charge < -0.3 is 19.4 Å². The molecule has 4 amide bonds. The summed E-state index contributed by atoms with van der Waals surface area (Å²) in [5, 5.41) is 2.83. The smallest absolute Gasteiger partial charge is 0.262 e. The third-order valence-electron chi connectivity index (χ3n) is 15.7. The lowest BCUT2D eigenvalue weighted by atomic mass is 9.60. The second kappa shape index (κ2) is 18.3. The molecule has 14 nitrogen and oxygen atoms in total. The van der Waals surface area contributed by atoms with Crippen molar-refractivity contribution in [3.8, 4) is 5.75 Å². The van der Waals surface area contributed by atoms with Crippen molar-refractivity contribution < 1.29 is 23.9 Å². The minimum Gasteiger partial charge on any atom is -0.487 e. The first-order valence-electron chi connectivity index (χ1n) is 23.9. The van der Waals surface area contributed by atoms with E-state index in [0.717, 1.165) is 97.8 Å². The van der Waals surface area contributed by atoms with Gasteiger partial charge in [-0.25, -0.2) is 14.8 Å². The molecule has 5 aliphatic heterocycles. The minimum atomic E-state index is -0.955. The van der Waals surface area contributed by atoms with Gasteiger partial charge in [0.25, 0.3) is 11.8 Å². The number of amides is 4. The Balaban J connectivity index is 0.637. The number of ether oxygens (including phenoxy) is 1. The highest BCUT2D eigenvalue weighted by molar-refractivity contribution is 6.31. The quantitative estimate of drug-likeness (QED) is 0.120. The standard InChI is InChI=1S/C52H58ClN9O5/c1-51(2,36-26-37(53)28-39(27-36)54-3)35-4-7-42(8-5-35)67-33-38-12-17-55-50(56-38)61-24-22-60(23-25-61)41-30-52(31-41)15-20-58(21-16-52)32-34-13-18-59(19-14-34)40-6-9-43-44(29-40)49(66)62(48(43)65)45-10-11-46(63)57-47(45)64/h4-9,12,17,26-29,34,41,45H,10-11,13-16,18-25,30-33H2,1-2H3,(H,57,63,64). The van der Waals surface area contributed by atoms with E-state index in [4.69, 9.17) is 27.9 Å². The van der Waals surface area contributed by atoms with Crippen LogP contribution in [0.15, 0.2) is 72.9 Å². The van der Waals surface area contributed by atoms with Crippen LogP contribution >= 0.6 is 11.6 Å². The van der Waals surface area contributed by atoms with E-state index in [1.54, 1.807) is 12.1 Å². The summed E-state index contributed by atoms with van der Waals surface area (Å²) < 4.78 is 6.17. The van der Waals surface area contributed by atoms with Crippen LogP contribution in [0.5, 0.6) is 5.75 Å². The van der Waals surface area contributed by atoms with E-state index in [1.807, 2.05) is 48.7 Å². The van der Waals surface area contributed by atoms with E-state index >= 15 is 0 Å². The zero-order chi connectivity index (χ0) is 46.5. The molecule has 3 aromatic carbocycles. The molecule has 10 rings (SSSR count). The van der Waals surface area contributed by atoms with Gasteiger partial charge in [0.2, 0.25) is 17.8 Å². The summed E-state index contributed by atoms with van der Waals surface area (Å²) in [6.45, 7) is 21.2. The van der Waals surface area contributed by atoms with Gasteiger partial charge in [0.05, 0.1) is 23.4 Å². The van der Waals surface area contributed by atoms with Crippen molar-refractivity contribution in [1.82, 2.24) is 30.0 Å². The Bertz CT molecular complexity index is 2600. The predicted octanol–water partition coefficient (Wildman–Crippen LogP) is 7.27. The summed E-state index contributed by atoms with van der Waals surface area (Å²) in [5.74, 6) is 0.267. The Labute approximate surface area is 397 Å². The molecule has 1 saturated carbocycles. The van der Waals surface area contributed by atoms with Gasteiger partial charge in [0, 0.05) is 80.6 Å². The van der Waals surface area contributed by atoms with E-state index in [2.05, 4.69) is 60.7 Å². The number of piperidine rings is 3. The molecule has 1 aliphatic carbocycles. The van der Waals surface area contributed by atoms with Crippen LogP contribution in [0.4, 0.5) is 17.3 Å². The van der Waals surface area contributed by atoms with Gasteiger partial charge >= 0.3 is 0 Å². The third-order valence-corrected chi connectivity index (χ3v) is 15.9. The van der Waals surface area contributed by atoms with Gasteiger partial charge in [-0.2, -0.15) is 0 Å². The molecule has 348 valence electrons. The monoisotopic (exact) mass is 923 g/mol. The molecule has 6 heterocycles. The Morgan fingerprint density at radius 3 is 2.27 bits per heavy atom. The molecule has 6 aliphatic rings. The van der Waals surface area contributed by atoms with Gasteiger partial charge in [-0.3, -0.25) is 34.3 Å². The summed E-state index contributed by atoms with van der Waals surface area (Å²) in [6, 6.07) is 20.7. The number of imide groups is 2. The molecule has 4 aromatic rings. The molecule has 1 spiro atoms. The molecule has 5 fully saturated rings. The van der Waals surface area contributed by atoms with E-state index in [-0.39, 0.29) is 24.2 Å². The maximum Gasteiger partial charge on any atom is 0.262 e. The van der Waals surface area contributed by atoms with Crippen molar-refractivity contribution in [2.75, 3.05) is 68.7 Å². The molecule has 1 atom stereocenters. The largest absolute Gasteiger partial charge is 0.487 e. The highest BCUT2D eigenvalue weighted by atomic mass is 35.5. The van der Waals surface area contributed by atoms with Crippen molar-refractivity contribution in [1.29, 1.82) is 0 Å². The van der Waals surface area contributed by atoms with Crippen molar-refractivity contribution in [3.63, 3.8) is 0 Å². The van der Waals surface area contributed by atoms with Crippen molar-refractivity contribution in [2.45, 2.75) is 89.3 Å². The van der Waals surface area contributed by atoms with E-state index in [9.17, 15) is 19.2 Å². The van der Waals surface area contributed by atoms with E-state index in [1.165, 1.54) is 38.8 Å². The molecule has 1 aromatic heterocycles. The van der Waals surface area contributed by atoms with Crippen molar-refractivity contribution in [2.24, 2.45) is 11.3 Å². The lowest BCUT2D eigenvalue weighted by Gasteiger charge is -2.56. The number of fused-ring (bicyclic) bond motifs is 1. The number of carbonyl (C=O) groups is 4. The van der Waals surface area contributed by atoms with E-state index in [0.29, 0.717) is 45.8 Å². The number of nitrogens with zero attached hydrogens (tertiary/aromatic N) is 8. The zero-order valence-corrected chi connectivity index (χ0v) is 39.1. The second-order valence-electron chi connectivity index (χ2n) is 20.1. The topological polar surface area (TPSA) is 136 Å². The van der Waals surface area contributed by atoms with Gasteiger partial charge in [-0.15, -0.1) is 0 Å². The van der Waals surface area contributed by atoms with Gasteiger partial charge in [0.15, 0.2) is 5.69 Å². The zero-order valence-electron chi connectivity index (χ0n) is 38.4. The summed E-state index contributed by atoms with van der Waals surface area (Å²) in [6.07, 6.45) is 9.40. The van der Waals surface area contributed by atoms with Crippen molar-refractivity contribution >= 4 is 52.6 Å². The normalized spacial score (nSPS) is 21.9. The summed E-state index contributed by atoms with van der Waals surface area (Å²) in [5.41, 5.74) is 5.21. The fourth-order valence-electron chi connectivity index (χ4n) is 11.4. The SMILES string of the molecule is [C-]#[N+]c1cc(Cl)cc(C(C)(C)c2ccc(OCc3ccnc(N4CCN(C5CC6(CCN(CC7CCN(c8ccc9c(c8)C(=O)N(C8CCC(=O)NC8=O)C9=O)CC7)CC6)C5)CC4)n3)cc2)c1. The van der Waals surface area contributed by atoms with Crippen LogP contribution in [0.25, 0.3) is 4.85 Å². The molecular weight excluding hydrogens is 866 g/mol. The Kier molecular flexibility index (Phi) is 12.3.